The maximum absolute atomic E-state index is 12.0. The number of nitrogens with two attached hydrogens (primary N) is 1. The number of pyridine rings is 1. The molecule has 1 aromatic heterocycles. The van der Waals surface area contributed by atoms with Crippen molar-refractivity contribution in [2.75, 3.05) is 11.5 Å². The van der Waals surface area contributed by atoms with Crippen molar-refractivity contribution in [2.24, 2.45) is 10.9 Å². The van der Waals surface area contributed by atoms with Gasteiger partial charge in [-0.05, 0) is 30.7 Å². The van der Waals surface area contributed by atoms with Crippen molar-refractivity contribution in [3.63, 3.8) is 0 Å². The molecule has 1 saturated heterocycles. The van der Waals surface area contributed by atoms with E-state index in [0.29, 0.717) is 11.3 Å². The molecule has 1 unspecified atom stereocenters. The number of nitrogens with one attached hydrogen (secondary N) is 1. The topological polar surface area (TPSA) is 101 Å². The number of rotatable bonds is 3. The molecule has 102 valence electrons. The lowest BCUT2D eigenvalue weighted by Gasteiger charge is -2.22. The molecule has 1 aromatic rings. The number of thioether (sulfide) groups is 1. The van der Waals surface area contributed by atoms with Gasteiger partial charge in [-0.2, -0.15) is 11.8 Å². The number of hydrogen-bond donors (Lipinski definition) is 3. The molecule has 2 heterocycles. The molecular formula is C12H16N4O2S. The lowest BCUT2D eigenvalue weighted by atomic mass is 10.1. The van der Waals surface area contributed by atoms with Gasteiger partial charge in [0.2, 0.25) is 0 Å². The summed E-state index contributed by atoms with van der Waals surface area (Å²) in [6.07, 6.45) is 3.56. The number of amides is 1. The minimum Gasteiger partial charge on any atom is -0.409 e. The first-order chi connectivity index (χ1) is 9.20. The number of hydrogen-bond acceptors (Lipinski definition) is 5. The summed E-state index contributed by atoms with van der Waals surface area (Å²) in [5, 5.41) is 14.4. The smallest absolute Gasteiger partial charge is 0.270 e. The molecule has 1 aliphatic rings. The van der Waals surface area contributed by atoms with Crippen LogP contribution >= 0.6 is 11.8 Å². The standard InChI is InChI=1S/C12H16N4O2S/c13-11(16-18)8-3-4-10(14-6-8)12(17)15-9-2-1-5-19-7-9/h3-4,6,9,18H,1-2,5,7H2,(H2,13,16)(H,15,17). The third-order valence-electron chi connectivity index (χ3n) is 2.90. The van der Waals surface area contributed by atoms with Crippen molar-refractivity contribution in [1.29, 1.82) is 0 Å². The van der Waals surface area contributed by atoms with Crippen molar-refractivity contribution in [1.82, 2.24) is 10.3 Å². The van der Waals surface area contributed by atoms with Gasteiger partial charge in [-0.25, -0.2) is 0 Å². The lowest BCUT2D eigenvalue weighted by Crippen LogP contribution is -2.38. The largest absolute Gasteiger partial charge is 0.409 e. The molecule has 0 radical (unpaired) electrons. The summed E-state index contributed by atoms with van der Waals surface area (Å²) in [4.78, 5) is 16.0. The van der Waals surface area contributed by atoms with E-state index in [0.717, 1.165) is 18.6 Å². The van der Waals surface area contributed by atoms with Gasteiger partial charge in [0.1, 0.15) is 5.69 Å². The highest BCUT2D eigenvalue weighted by Gasteiger charge is 2.17. The third-order valence-corrected chi connectivity index (χ3v) is 4.11. The van der Waals surface area contributed by atoms with Gasteiger partial charge in [0, 0.05) is 23.6 Å². The highest BCUT2D eigenvalue weighted by Crippen LogP contribution is 2.17. The second-order valence-corrected chi connectivity index (χ2v) is 5.45. The quantitative estimate of drug-likeness (QED) is 0.329. The average Bonchev–Trinajstić information content (AvgIpc) is 2.47. The normalized spacial score (nSPS) is 20.0. The summed E-state index contributed by atoms with van der Waals surface area (Å²) in [6, 6.07) is 3.39. The molecule has 2 rings (SSSR count). The van der Waals surface area contributed by atoms with E-state index in [2.05, 4.69) is 15.5 Å². The maximum Gasteiger partial charge on any atom is 0.270 e. The summed E-state index contributed by atoms with van der Waals surface area (Å²) in [5.41, 5.74) is 6.24. The number of carbonyl (C=O) groups is 1. The molecule has 1 amide bonds. The zero-order valence-corrected chi connectivity index (χ0v) is 11.2. The van der Waals surface area contributed by atoms with Crippen LogP contribution < -0.4 is 11.1 Å². The Labute approximate surface area is 115 Å². The highest BCUT2D eigenvalue weighted by molar-refractivity contribution is 7.99. The van der Waals surface area contributed by atoms with Crippen LogP contribution in [0.4, 0.5) is 0 Å². The Morgan fingerprint density at radius 2 is 2.42 bits per heavy atom. The fourth-order valence-corrected chi connectivity index (χ4v) is 2.92. The Balaban J connectivity index is 1.99. The van der Waals surface area contributed by atoms with E-state index >= 15 is 0 Å². The molecule has 6 nitrogen and oxygen atoms in total. The van der Waals surface area contributed by atoms with Crippen molar-refractivity contribution in [2.45, 2.75) is 18.9 Å². The van der Waals surface area contributed by atoms with Gasteiger partial charge in [-0.15, -0.1) is 0 Å². The second-order valence-electron chi connectivity index (χ2n) is 4.30. The molecule has 4 N–H and O–H groups in total. The molecule has 1 atom stereocenters. The van der Waals surface area contributed by atoms with Crippen LogP contribution in [-0.4, -0.2) is 39.5 Å². The first-order valence-electron chi connectivity index (χ1n) is 6.03. The Kier molecular flexibility index (Phi) is 4.62. The zero-order chi connectivity index (χ0) is 13.7. The van der Waals surface area contributed by atoms with Crippen molar-refractivity contribution < 1.29 is 10.0 Å². The Morgan fingerprint density at radius 1 is 1.58 bits per heavy atom. The number of aromatic nitrogens is 1. The highest BCUT2D eigenvalue weighted by atomic mass is 32.2. The molecule has 0 spiro atoms. The van der Waals surface area contributed by atoms with Gasteiger partial charge in [0.05, 0.1) is 0 Å². The molecule has 7 heteroatoms. The van der Waals surface area contributed by atoms with Crippen LogP contribution in [-0.2, 0) is 0 Å². The second kappa shape index (κ2) is 6.42. The minimum absolute atomic E-state index is 0.0249. The molecule has 19 heavy (non-hydrogen) atoms. The predicted octanol–water partition coefficient (Wildman–Crippen LogP) is 0.801. The Bertz CT molecular complexity index is 469. The molecule has 0 saturated carbocycles. The van der Waals surface area contributed by atoms with Crippen molar-refractivity contribution >= 4 is 23.5 Å². The number of carbonyl (C=O) groups excluding carboxylic acids is 1. The van der Waals surface area contributed by atoms with E-state index in [1.165, 1.54) is 11.9 Å². The number of amidine groups is 1. The van der Waals surface area contributed by atoms with E-state index < -0.39 is 0 Å². The average molecular weight is 280 g/mol. The van der Waals surface area contributed by atoms with Gasteiger partial charge in [0.15, 0.2) is 5.84 Å². The van der Waals surface area contributed by atoms with Crippen molar-refractivity contribution in [3.8, 4) is 0 Å². The molecule has 1 fully saturated rings. The number of oxime groups is 1. The van der Waals surface area contributed by atoms with Gasteiger partial charge < -0.3 is 16.3 Å². The number of nitrogens with zero attached hydrogens (tertiary/aromatic N) is 2. The summed E-state index contributed by atoms with van der Waals surface area (Å²) >= 11 is 1.85. The Hall–Kier alpha value is -1.76. The molecule has 0 bridgehead atoms. The zero-order valence-electron chi connectivity index (χ0n) is 10.4. The molecule has 0 aliphatic carbocycles. The van der Waals surface area contributed by atoms with Crippen LogP contribution in [0.2, 0.25) is 0 Å². The van der Waals surface area contributed by atoms with Crippen LogP contribution in [0.25, 0.3) is 0 Å². The van der Waals surface area contributed by atoms with E-state index in [9.17, 15) is 4.79 Å². The first-order valence-corrected chi connectivity index (χ1v) is 7.18. The van der Waals surface area contributed by atoms with E-state index in [1.54, 1.807) is 12.1 Å². The van der Waals surface area contributed by atoms with Crippen LogP contribution in [0.3, 0.4) is 0 Å². The van der Waals surface area contributed by atoms with Gasteiger partial charge >= 0.3 is 0 Å². The van der Waals surface area contributed by atoms with Gasteiger partial charge in [-0.3, -0.25) is 9.78 Å². The van der Waals surface area contributed by atoms with E-state index in [1.807, 2.05) is 11.8 Å². The summed E-state index contributed by atoms with van der Waals surface area (Å²) < 4.78 is 0. The minimum atomic E-state index is -0.182. The van der Waals surface area contributed by atoms with Gasteiger partial charge in [-0.1, -0.05) is 5.16 Å². The first kappa shape index (κ1) is 13.7. The summed E-state index contributed by atoms with van der Waals surface area (Å²) in [7, 11) is 0. The Morgan fingerprint density at radius 3 is 3.00 bits per heavy atom. The van der Waals surface area contributed by atoms with Crippen LogP contribution in [0.5, 0.6) is 0 Å². The predicted molar refractivity (Wildman–Crippen MR) is 74.6 cm³/mol. The molecule has 1 aliphatic heterocycles. The molecular weight excluding hydrogens is 264 g/mol. The molecule has 0 aromatic carbocycles. The van der Waals surface area contributed by atoms with Crippen LogP contribution in [0.15, 0.2) is 23.5 Å². The van der Waals surface area contributed by atoms with E-state index in [4.69, 9.17) is 10.9 Å². The van der Waals surface area contributed by atoms with Crippen LogP contribution in [0, 0.1) is 0 Å². The van der Waals surface area contributed by atoms with Crippen molar-refractivity contribution in [3.05, 3.63) is 29.6 Å². The van der Waals surface area contributed by atoms with Gasteiger partial charge in [0.25, 0.3) is 5.91 Å². The van der Waals surface area contributed by atoms with E-state index in [-0.39, 0.29) is 17.8 Å². The SMILES string of the molecule is N/C(=N/O)c1ccc(C(=O)NC2CCCSC2)nc1. The van der Waals surface area contributed by atoms with Crippen LogP contribution in [0.1, 0.15) is 28.9 Å². The third kappa shape index (κ3) is 3.60. The lowest BCUT2D eigenvalue weighted by molar-refractivity contribution is 0.0933. The summed E-state index contributed by atoms with van der Waals surface area (Å²) in [6.45, 7) is 0. The summed E-state index contributed by atoms with van der Waals surface area (Å²) in [5.74, 6) is 1.91. The fourth-order valence-electron chi connectivity index (χ4n) is 1.85. The fraction of sp³-hybridized carbons (Fsp3) is 0.417. The monoisotopic (exact) mass is 280 g/mol. The maximum atomic E-state index is 12.0.